The molecule has 0 fully saturated rings. The molecule has 0 aliphatic carbocycles. The zero-order valence-electron chi connectivity index (χ0n) is 13.8. The Bertz CT molecular complexity index is 639. The van der Waals surface area contributed by atoms with E-state index in [1.54, 1.807) is 11.3 Å². The fourth-order valence-corrected chi connectivity index (χ4v) is 3.26. The van der Waals surface area contributed by atoms with Crippen molar-refractivity contribution in [3.63, 3.8) is 0 Å². The van der Waals surface area contributed by atoms with Gasteiger partial charge >= 0.3 is 0 Å². The molecule has 1 heterocycles. The third-order valence-corrected chi connectivity index (χ3v) is 4.65. The van der Waals surface area contributed by atoms with E-state index in [0.717, 1.165) is 35.5 Å². The Kier molecular flexibility index (Phi) is 6.74. The maximum absolute atomic E-state index is 12.1. The Balaban J connectivity index is 1.94. The highest BCUT2D eigenvalue weighted by molar-refractivity contribution is 7.13. The molecule has 0 radical (unpaired) electrons. The minimum atomic E-state index is -0.00218. The van der Waals surface area contributed by atoms with Crippen LogP contribution in [0.25, 0.3) is 10.6 Å². The van der Waals surface area contributed by atoms with Crippen molar-refractivity contribution in [2.75, 3.05) is 6.54 Å². The van der Waals surface area contributed by atoms with E-state index in [0.29, 0.717) is 13.0 Å². The van der Waals surface area contributed by atoms with Crippen LogP contribution >= 0.6 is 11.3 Å². The molecule has 2 aromatic rings. The van der Waals surface area contributed by atoms with E-state index in [2.05, 4.69) is 36.3 Å². The first-order valence-electron chi connectivity index (χ1n) is 8.13. The first-order valence-corrected chi connectivity index (χ1v) is 9.01. The van der Waals surface area contributed by atoms with Crippen LogP contribution in [0.2, 0.25) is 0 Å². The molecule has 1 atom stereocenters. The molecule has 124 valence electrons. The smallest absolute Gasteiger partial charge is 0.226 e. The summed E-state index contributed by atoms with van der Waals surface area (Å²) >= 11 is 1.58. The van der Waals surface area contributed by atoms with Crippen molar-refractivity contribution >= 4 is 17.2 Å². The largest absolute Gasteiger partial charge is 0.352 e. The Morgan fingerprint density at radius 1 is 1.43 bits per heavy atom. The standard InChI is InChI=1S/C18H25N3OS/c1-3-4-8-15(11-19)20-17(22)10-16-12-23-18(21-16)14-7-5-6-13(2)9-14/h5-7,9,12,15H,3-4,8,10-11,19H2,1-2H3,(H,20,22). The van der Waals surface area contributed by atoms with Crippen molar-refractivity contribution in [1.82, 2.24) is 10.3 Å². The molecule has 4 nitrogen and oxygen atoms in total. The molecule has 0 saturated heterocycles. The number of carbonyl (C=O) groups excluding carboxylic acids is 1. The topological polar surface area (TPSA) is 68.0 Å². The number of unbranched alkanes of at least 4 members (excludes halogenated alkanes) is 1. The number of aryl methyl sites for hydroxylation is 1. The number of hydrogen-bond acceptors (Lipinski definition) is 4. The van der Waals surface area contributed by atoms with Crippen molar-refractivity contribution in [2.45, 2.75) is 45.6 Å². The van der Waals surface area contributed by atoms with Gasteiger partial charge in [-0.15, -0.1) is 11.3 Å². The van der Waals surface area contributed by atoms with Crippen LogP contribution in [-0.2, 0) is 11.2 Å². The van der Waals surface area contributed by atoms with E-state index < -0.39 is 0 Å². The van der Waals surface area contributed by atoms with Gasteiger partial charge in [-0.25, -0.2) is 4.98 Å². The highest BCUT2D eigenvalue weighted by Gasteiger charge is 2.13. The number of aromatic nitrogens is 1. The number of carbonyl (C=O) groups is 1. The van der Waals surface area contributed by atoms with Gasteiger partial charge in [-0.3, -0.25) is 4.79 Å². The van der Waals surface area contributed by atoms with Crippen molar-refractivity contribution in [3.8, 4) is 10.6 Å². The van der Waals surface area contributed by atoms with Crippen LogP contribution < -0.4 is 11.1 Å². The number of hydrogen-bond donors (Lipinski definition) is 2. The van der Waals surface area contributed by atoms with Gasteiger partial charge in [0.2, 0.25) is 5.91 Å². The normalized spacial score (nSPS) is 12.1. The molecule has 1 unspecified atom stereocenters. The number of amides is 1. The van der Waals surface area contributed by atoms with E-state index in [1.807, 2.05) is 17.5 Å². The maximum Gasteiger partial charge on any atom is 0.226 e. The zero-order valence-corrected chi connectivity index (χ0v) is 14.7. The summed E-state index contributed by atoms with van der Waals surface area (Å²) in [5.41, 5.74) is 8.84. The van der Waals surface area contributed by atoms with Crippen molar-refractivity contribution < 1.29 is 4.79 Å². The van der Waals surface area contributed by atoms with Crippen molar-refractivity contribution in [1.29, 1.82) is 0 Å². The second-order valence-corrected chi connectivity index (χ2v) is 6.69. The Hall–Kier alpha value is -1.72. The summed E-state index contributed by atoms with van der Waals surface area (Å²) in [4.78, 5) is 16.7. The molecule has 0 bridgehead atoms. The summed E-state index contributed by atoms with van der Waals surface area (Å²) < 4.78 is 0. The summed E-state index contributed by atoms with van der Waals surface area (Å²) in [6, 6.07) is 8.31. The van der Waals surface area contributed by atoms with Crippen LogP contribution in [0.1, 0.15) is 37.4 Å². The Morgan fingerprint density at radius 2 is 2.26 bits per heavy atom. The third kappa shape index (κ3) is 5.44. The van der Waals surface area contributed by atoms with E-state index in [4.69, 9.17) is 5.73 Å². The maximum atomic E-state index is 12.1. The van der Waals surface area contributed by atoms with Gasteiger partial charge in [0.1, 0.15) is 5.01 Å². The first-order chi connectivity index (χ1) is 11.1. The molecule has 3 N–H and O–H groups in total. The summed E-state index contributed by atoms with van der Waals surface area (Å²) in [5, 5.41) is 5.92. The van der Waals surface area contributed by atoms with Gasteiger partial charge in [-0.05, 0) is 19.4 Å². The quantitative estimate of drug-likeness (QED) is 0.780. The number of nitrogens with one attached hydrogen (secondary N) is 1. The average molecular weight is 331 g/mol. The molecule has 1 aromatic carbocycles. The second-order valence-electron chi connectivity index (χ2n) is 5.83. The van der Waals surface area contributed by atoms with Gasteiger partial charge in [0.25, 0.3) is 0 Å². The molecule has 0 spiro atoms. The van der Waals surface area contributed by atoms with Crippen LogP contribution in [-0.4, -0.2) is 23.5 Å². The summed E-state index contributed by atoms with van der Waals surface area (Å²) in [5.74, 6) is -0.00218. The lowest BCUT2D eigenvalue weighted by Gasteiger charge is -2.15. The Morgan fingerprint density at radius 3 is 2.96 bits per heavy atom. The lowest BCUT2D eigenvalue weighted by Crippen LogP contribution is -2.40. The van der Waals surface area contributed by atoms with Crippen LogP contribution in [0.15, 0.2) is 29.6 Å². The number of thiazole rings is 1. The average Bonchev–Trinajstić information content (AvgIpc) is 2.99. The highest BCUT2D eigenvalue weighted by Crippen LogP contribution is 2.24. The van der Waals surface area contributed by atoms with E-state index >= 15 is 0 Å². The Labute approximate surface area is 142 Å². The molecular weight excluding hydrogens is 306 g/mol. The molecule has 1 amide bonds. The van der Waals surface area contributed by atoms with Crippen molar-refractivity contribution in [3.05, 3.63) is 40.9 Å². The van der Waals surface area contributed by atoms with Crippen LogP contribution in [0.3, 0.4) is 0 Å². The SMILES string of the molecule is CCCCC(CN)NC(=O)Cc1csc(-c2cccc(C)c2)n1. The minimum absolute atomic E-state index is 0.00218. The molecule has 1 aromatic heterocycles. The van der Waals surface area contributed by atoms with E-state index in [-0.39, 0.29) is 11.9 Å². The summed E-state index contributed by atoms with van der Waals surface area (Å²) in [6.45, 7) is 4.68. The lowest BCUT2D eigenvalue weighted by atomic mass is 10.1. The lowest BCUT2D eigenvalue weighted by molar-refractivity contribution is -0.121. The highest BCUT2D eigenvalue weighted by atomic mass is 32.1. The number of nitrogens with zero attached hydrogens (tertiary/aromatic N) is 1. The third-order valence-electron chi connectivity index (χ3n) is 3.71. The fraction of sp³-hybridized carbons (Fsp3) is 0.444. The first kappa shape index (κ1) is 17.6. The number of benzene rings is 1. The van der Waals surface area contributed by atoms with Crippen LogP contribution in [0.5, 0.6) is 0 Å². The van der Waals surface area contributed by atoms with Crippen LogP contribution in [0, 0.1) is 6.92 Å². The number of rotatable bonds is 8. The molecular formula is C18H25N3OS. The van der Waals surface area contributed by atoms with Gasteiger partial charge < -0.3 is 11.1 Å². The van der Waals surface area contributed by atoms with Gasteiger partial charge in [-0.1, -0.05) is 43.5 Å². The monoisotopic (exact) mass is 331 g/mol. The number of nitrogens with two attached hydrogens (primary N) is 1. The van der Waals surface area contributed by atoms with Gasteiger partial charge in [0, 0.05) is 23.5 Å². The van der Waals surface area contributed by atoms with E-state index in [9.17, 15) is 4.79 Å². The minimum Gasteiger partial charge on any atom is -0.352 e. The summed E-state index contributed by atoms with van der Waals surface area (Å²) in [7, 11) is 0. The van der Waals surface area contributed by atoms with Gasteiger partial charge in [0.05, 0.1) is 12.1 Å². The van der Waals surface area contributed by atoms with Gasteiger partial charge in [0.15, 0.2) is 0 Å². The molecule has 0 aliphatic heterocycles. The molecule has 5 heteroatoms. The zero-order chi connectivity index (χ0) is 16.7. The molecule has 2 rings (SSSR count). The second kappa shape index (κ2) is 8.79. The van der Waals surface area contributed by atoms with Crippen molar-refractivity contribution in [2.24, 2.45) is 5.73 Å². The molecule has 0 saturated carbocycles. The predicted molar refractivity (Wildman–Crippen MR) is 96.5 cm³/mol. The summed E-state index contributed by atoms with van der Waals surface area (Å²) in [6.07, 6.45) is 3.43. The van der Waals surface area contributed by atoms with Gasteiger partial charge in [-0.2, -0.15) is 0 Å². The predicted octanol–water partition coefficient (Wildman–Crippen LogP) is 3.29. The van der Waals surface area contributed by atoms with Crippen LogP contribution in [0.4, 0.5) is 0 Å². The molecule has 0 aliphatic rings. The fourth-order valence-electron chi connectivity index (χ4n) is 2.44. The molecule has 23 heavy (non-hydrogen) atoms. The van der Waals surface area contributed by atoms with E-state index in [1.165, 1.54) is 5.56 Å².